The third kappa shape index (κ3) is 3.59. The summed E-state index contributed by atoms with van der Waals surface area (Å²) in [4.78, 5) is 29.3. The van der Waals surface area contributed by atoms with Crippen molar-refractivity contribution in [1.82, 2.24) is 19.7 Å². The van der Waals surface area contributed by atoms with Gasteiger partial charge in [0.1, 0.15) is 5.82 Å². The quantitative estimate of drug-likeness (QED) is 0.508. The lowest BCUT2D eigenvalue weighted by Gasteiger charge is -2.26. The number of amides is 2. The Bertz CT molecular complexity index is 1150. The van der Waals surface area contributed by atoms with Crippen LogP contribution in [0.3, 0.4) is 0 Å². The van der Waals surface area contributed by atoms with Crippen LogP contribution >= 0.6 is 0 Å². The van der Waals surface area contributed by atoms with Crippen molar-refractivity contribution in [3.8, 4) is 11.3 Å². The zero-order valence-corrected chi connectivity index (χ0v) is 16.2. The molecule has 0 saturated carbocycles. The number of nitrogens with one attached hydrogen (secondary N) is 1. The van der Waals surface area contributed by atoms with Crippen LogP contribution in [-0.4, -0.2) is 43.8 Å². The number of ether oxygens (including phenoxy) is 1. The van der Waals surface area contributed by atoms with Crippen molar-refractivity contribution in [2.24, 2.45) is 0 Å². The van der Waals surface area contributed by atoms with Crippen molar-refractivity contribution in [1.29, 1.82) is 0 Å². The fraction of sp³-hybridized carbons (Fsp3) is 0.250. The molecule has 158 valence electrons. The maximum Gasteiger partial charge on any atom is 0.323 e. The highest BCUT2D eigenvalue weighted by atomic mass is 19.1. The summed E-state index contributed by atoms with van der Waals surface area (Å²) < 4.78 is 20.2. The number of fused-ring (bicyclic) bond motifs is 1. The van der Waals surface area contributed by atoms with Crippen LogP contribution in [0.25, 0.3) is 11.3 Å². The number of urea groups is 1. The SMILES string of the molecule is O=C(Nc1nc(-c2ccc(F)cc2)ccc1[N+](=O)[O-])N1Cc2cn(C3COC3)nc2C1. The minimum Gasteiger partial charge on any atom is -0.377 e. The average molecular weight is 424 g/mol. The number of aromatic nitrogens is 3. The highest BCUT2D eigenvalue weighted by Gasteiger charge is 2.31. The van der Waals surface area contributed by atoms with Crippen molar-refractivity contribution < 1.29 is 18.8 Å². The monoisotopic (exact) mass is 424 g/mol. The van der Waals surface area contributed by atoms with Gasteiger partial charge in [0.25, 0.3) is 0 Å². The molecular weight excluding hydrogens is 407 g/mol. The van der Waals surface area contributed by atoms with E-state index in [1.54, 1.807) is 0 Å². The smallest absolute Gasteiger partial charge is 0.323 e. The predicted molar refractivity (Wildman–Crippen MR) is 107 cm³/mol. The second kappa shape index (κ2) is 7.43. The molecule has 0 aliphatic carbocycles. The van der Waals surface area contributed by atoms with Crippen LogP contribution in [0.5, 0.6) is 0 Å². The minimum absolute atomic E-state index is 0.168. The molecule has 1 saturated heterocycles. The maximum absolute atomic E-state index is 13.2. The molecule has 2 aliphatic rings. The average Bonchev–Trinajstić information content (AvgIpc) is 3.26. The summed E-state index contributed by atoms with van der Waals surface area (Å²) in [6.45, 7) is 1.91. The zero-order valence-electron chi connectivity index (χ0n) is 16.2. The predicted octanol–water partition coefficient (Wildman–Crippen LogP) is 3.11. The van der Waals surface area contributed by atoms with Crippen molar-refractivity contribution in [2.45, 2.75) is 19.1 Å². The van der Waals surface area contributed by atoms with Gasteiger partial charge in [-0.05, 0) is 30.3 Å². The topological polar surface area (TPSA) is 115 Å². The molecule has 10 nitrogen and oxygen atoms in total. The summed E-state index contributed by atoms with van der Waals surface area (Å²) in [6.07, 6.45) is 1.91. The van der Waals surface area contributed by atoms with Gasteiger partial charge in [-0.1, -0.05) is 0 Å². The molecule has 5 rings (SSSR count). The molecule has 0 spiro atoms. The number of halogens is 1. The molecule has 11 heteroatoms. The molecule has 2 aliphatic heterocycles. The van der Waals surface area contributed by atoms with Crippen LogP contribution in [-0.2, 0) is 17.8 Å². The van der Waals surface area contributed by atoms with Gasteiger partial charge in [-0.15, -0.1) is 0 Å². The maximum atomic E-state index is 13.2. The minimum atomic E-state index is -0.610. The van der Waals surface area contributed by atoms with Gasteiger partial charge < -0.3 is 9.64 Å². The van der Waals surface area contributed by atoms with Gasteiger partial charge in [-0.3, -0.25) is 20.1 Å². The van der Waals surface area contributed by atoms with E-state index in [1.165, 1.54) is 41.3 Å². The largest absolute Gasteiger partial charge is 0.377 e. The van der Waals surface area contributed by atoms with Gasteiger partial charge >= 0.3 is 11.7 Å². The number of hydrogen-bond acceptors (Lipinski definition) is 6. The molecule has 0 atom stereocenters. The van der Waals surface area contributed by atoms with Crippen LogP contribution in [0.4, 0.5) is 20.7 Å². The molecule has 1 N–H and O–H groups in total. The molecule has 0 unspecified atom stereocenters. The van der Waals surface area contributed by atoms with E-state index in [9.17, 15) is 19.3 Å². The molecule has 2 amide bonds. The number of carbonyl (C=O) groups is 1. The van der Waals surface area contributed by atoms with Gasteiger partial charge in [0, 0.05) is 23.4 Å². The van der Waals surface area contributed by atoms with Gasteiger partial charge in [0.15, 0.2) is 0 Å². The first-order valence-electron chi connectivity index (χ1n) is 9.60. The Kier molecular flexibility index (Phi) is 4.59. The van der Waals surface area contributed by atoms with Crippen molar-refractivity contribution in [3.05, 3.63) is 69.8 Å². The molecule has 1 aromatic carbocycles. The Hall–Kier alpha value is -3.86. The number of hydrogen-bond donors (Lipinski definition) is 1. The number of nitro groups is 1. The van der Waals surface area contributed by atoms with Crippen molar-refractivity contribution in [2.75, 3.05) is 18.5 Å². The summed E-state index contributed by atoms with van der Waals surface area (Å²) in [5.74, 6) is -0.572. The highest BCUT2D eigenvalue weighted by Crippen LogP contribution is 2.29. The second-order valence-electron chi connectivity index (χ2n) is 7.39. The van der Waals surface area contributed by atoms with Crippen LogP contribution < -0.4 is 5.32 Å². The number of nitrogens with zero attached hydrogens (tertiary/aromatic N) is 5. The van der Waals surface area contributed by atoms with E-state index < -0.39 is 16.8 Å². The molecule has 31 heavy (non-hydrogen) atoms. The molecule has 1 fully saturated rings. The zero-order chi connectivity index (χ0) is 21.5. The van der Waals surface area contributed by atoms with Gasteiger partial charge in [-0.2, -0.15) is 5.10 Å². The Labute approximate surface area is 175 Å². The van der Waals surface area contributed by atoms with E-state index in [0.717, 1.165) is 11.3 Å². The van der Waals surface area contributed by atoms with E-state index in [4.69, 9.17) is 4.74 Å². The number of pyridine rings is 1. The highest BCUT2D eigenvalue weighted by molar-refractivity contribution is 5.91. The number of anilines is 1. The van der Waals surface area contributed by atoms with E-state index >= 15 is 0 Å². The standard InChI is InChI=1S/C20H17FN6O4/c21-14-3-1-12(2-4-14)16-5-6-18(27(29)30)19(22-16)23-20(28)25-7-13-8-26(15-10-31-11-15)24-17(13)9-25/h1-6,8,15H,7,9-11H2,(H,22,23,28). The first-order chi connectivity index (χ1) is 15.0. The van der Waals surface area contributed by atoms with E-state index in [0.29, 0.717) is 37.6 Å². The van der Waals surface area contributed by atoms with Gasteiger partial charge in [0.2, 0.25) is 5.82 Å². The van der Waals surface area contributed by atoms with Crippen LogP contribution in [0, 0.1) is 15.9 Å². The van der Waals surface area contributed by atoms with Crippen LogP contribution in [0.15, 0.2) is 42.6 Å². The van der Waals surface area contributed by atoms with Crippen LogP contribution in [0.1, 0.15) is 17.3 Å². The third-order valence-corrected chi connectivity index (χ3v) is 5.31. The lowest BCUT2D eigenvalue weighted by molar-refractivity contribution is -0.384. The van der Waals surface area contributed by atoms with E-state index in [-0.39, 0.29) is 17.5 Å². The molecule has 0 bridgehead atoms. The second-order valence-corrected chi connectivity index (χ2v) is 7.39. The fourth-order valence-corrected chi connectivity index (χ4v) is 3.53. The summed E-state index contributed by atoms with van der Waals surface area (Å²) in [7, 11) is 0. The number of benzene rings is 1. The third-order valence-electron chi connectivity index (χ3n) is 5.31. The summed E-state index contributed by atoms with van der Waals surface area (Å²) in [6, 6.07) is 8.02. The van der Waals surface area contributed by atoms with E-state index in [2.05, 4.69) is 15.4 Å². The Morgan fingerprint density at radius 2 is 1.97 bits per heavy atom. The molecule has 3 aromatic rings. The summed E-state index contributed by atoms with van der Waals surface area (Å²) >= 11 is 0. The first-order valence-corrected chi connectivity index (χ1v) is 9.60. The van der Waals surface area contributed by atoms with Gasteiger partial charge in [-0.25, -0.2) is 14.2 Å². The van der Waals surface area contributed by atoms with Crippen LogP contribution in [0.2, 0.25) is 0 Å². The molecule has 0 radical (unpaired) electrons. The summed E-state index contributed by atoms with van der Waals surface area (Å²) in [5.41, 5.74) is 2.35. The van der Waals surface area contributed by atoms with E-state index in [1.807, 2.05) is 10.9 Å². The lowest BCUT2D eigenvalue weighted by Crippen LogP contribution is -2.33. The molecule has 4 heterocycles. The van der Waals surface area contributed by atoms with Crippen molar-refractivity contribution in [3.63, 3.8) is 0 Å². The normalized spacial score (nSPS) is 15.5. The van der Waals surface area contributed by atoms with Gasteiger partial charge in [0.05, 0.1) is 48.7 Å². The van der Waals surface area contributed by atoms with Crippen molar-refractivity contribution >= 4 is 17.5 Å². The Morgan fingerprint density at radius 3 is 2.61 bits per heavy atom. The molecule has 2 aromatic heterocycles. The lowest BCUT2D eigenvalue weighted by atomic mass is 10.1. The first kappa shape index (κ1) is 19.1. The number of carbonyl (C=O) groups excluding carboxylic acids is 1. The fourth-order valence-electron chi connectivity index (χ4n) is 3.53. The summed E-state index contributed by atoms with van der Waals surface area (Å²) in [5, 5.41) is 18.5. The Morgan fingerprint density at radius 1 is 1.19 bits per heavy atom. The number of rotatable bonds is 4. The Balaban J connectivity index is 1.34. The molecular formula is C20H17FN6O4.